The van der Waals surface area contributed by atoms with Gasteiger partial charge in [-0.25, -0.2) is 0 Å². The molecule has 0 fully saturated rings. The molecule has 0 aliphatic rings. The van der Waals surface area contributed by atoms with Crippen LogP contribution in [0.3, 0.4) is 0 Å². The Morgan fingerprint density at radius 1 is 1.46 bits per heavy atom. The molecule has 0 aliphatic carbocycles. The average molecular weight is 179 g/mol. The van der Waals surface area contributed by atoms with Gasteiger partial charge in [-0.2, -0.15) is 0 Å². The summed E-state index contributed by atoms with van der Waals surface area (Å²) >= 11 is 0. The maximum atomic E-state index is 10.3. The number of aromatic nitrogens is 1. The van der Waals surface area contributed by atoms with Crippen LogP contribution >= 0.6 is 0 Å². The van der Waals surface area contributed by atoms with Crippen LogP contribution in [0.5, 0.6) is 0 Å². The van der Waals surface area contributed by atoms with E-state index in [-0.39, 0.29) is 6.42 Å². The lowest BCUT2D eigenvalue weighted by Gasteiger charge is -2.02. The van der Waals surface area contributed by atoms with E-state index in [4.69, 9.17) is 5.11 Å². The molecular formula is C10H13NO2. The van der Waals surface area contributed by atoms with Gasteiger partial charge in [0.1, 0.15) is 0 Å². The summed E-state index contributed by atoms with van der Waals surface area (Å²) in [5, 5.41) is 8.47. The molecule has 3 heteroatoms. The SMILES string of the molecule is Cc1ccc(CCC(=O)O)nc1C. The number of aliphatic carboxylic acids is 1. The Morgan fingerprint density at radius 3 is 2.69 bits per heavy atom. The van der Waals surface area contributed by atoms with Gasteiger partial charge in [0.15, 0.2) is 0 Å². The highest BCUT2D eigenvalue weighted by Crippen LogP contribution is 2.06. The minimum atomic E-state index is -0.778. The fourth-order valence-corrected chi connectivity index (χ4v) is 1.06. The maximum absolute atomic E-state index is 10.3. The van der Waals surface area contributed by atoms with Crippen LogP contribution < -0.4 is 0 Å². The molecule has 0 unspecified atom stereocenters. The number of aryl methyl sites for hydroxylation is 3. The van der Waals surface area contributed by atoms with Gasteiger partial charge in [-0.05, 0) is 25.5 Å². The third kappa shape index (κ3) is 2.86. The highest BCUT2D eigenvalue weighted by molar-refractivity contribution is 5.66. The van der Waals surface area contributed by atoms with Crippen molar-refractivity contribution in [2.45, 2.75) is 26.7 Å². The first-order valence-corrected chi connectivity index (χ1v) is 4.24. The number of hydrogen-bond acceptors (Lipinski definition) is 2. The van der Waals surface area contributed by atoms with Crippen molar-refractivity contribution < 1.29 is 9.90 Å². The molecule has 1 rings (SSSR count). The van der Waals surface area contributed by atoms with Crippen LogP contribution in [0.25, 0.3) is 0 Å². The molecule has 1 aromatic rings. The lowest BCUT2D eigenvalue weighted by Crippen LogP contribution is -2.00. The highest BCUT2D eigenvalue weighted by Gasteiger charge is 2.01. The van der Waals surface area contributed by atoms with E-state index in [1.807, 2.05) is 26.0 Å². The van der Waals surface area contributed by atoms with E-state index >= 15 is 0 Å². The molecule has 3 nitrogen and oxygen atoms in total. The predicted octanol–water partition coefficient (Wildman–Crippen LogP) is 1.72. The Morgan fingerprint density at radius 2 is 2.15 bits per heavy atom. The molecule has 0 atom stereocenters. The van der Waals surface area contributed by atoms with Crippen molar-refractivity contribution in [3.05, 3.63) is 29.1 Å². The van der Waals surface area contributed by atoms with E-state index < -0.39 is 5.97 Å². The Labute approximate surface area is 77.4 Å². The first-order valence-electron chi connectivity index (χ1n) is 4.24. The molecule has 0 bridgehead atoms. The molecule has 0 saturated heterocycles. The highest BCUT2D eigenvalue weighted by atomic mass is 16.4. The number of carboxylic acid groups (broad SMARTS) is 1. The first-order chi connectivity index (χ1) is 6.09. The molecule has 1 heterocycles. The van der Waals surface area contributed by atoms with Crippen LogP contribution in [-0.2, 0) is 11.2 Å². The maximum Gasteiger partial charge on any atom is 0.303 e. The van der Waals surface area contributed by atoms with Crippen LogP contribution in [0.1, 0.15) is 23.4 Å². The quantitative estimate of drug-likeness (QED) is 0.768. The zero-order valence-corrected chi connectivity index (χ0v) is 7.87. The number of carbonyl (C=O) groups is 1. The van der Waals surface area contributed by atoms with Crippen molar-refractivity contribution in [2.75, 3.05) is 0 Å². The minimum Gasteiger partial charge on any atom is -0.481 e. The predicted molar refractivity (Wildman–Crippen MR) is 49.7 cm³/mol. The topological polar surface area (TPSA) is 50.2 Å². The molecule has 0 amide bonds. The molecule has 0 aliphatic heterocycles. The van der Waals surface area contributed by atoms with E-state index in [0.717, 1.165) is 17.0 Å². The fourth-order valence-electron chi connectivity index (χ4n) is 1.06. The normalized spacial score (nSPS) is 10.0. The van der Waals surface area contributed by atoms with Gasteiger partial charge >= 0.3 is 5.97 Å². The van der Waals surface area contributed by atoms with Crippen LogP contribution in [0.4, 0.5) is 0 Å². The molecule has 0 aromatic carbocycles. The third-order valence-electron chi connectivity index (χ3n) is 2.00. The molecular weight excluding hydrogens is 166 g/mol. The smallest absolute Gasteiger partial charge is 0.303 e. The average Bonchev–Trinajstić information content (AvgIpc) is 2.07. The van der Waals surface area contributed by atoms with Gasteiger partial charge in [0, 0.05) is 17.8 Å². The van der Waals surface area contributed by atoms with E-state index in [1.165, 1.54) is 0 Å². The fraction of sp³-hybridized carbons (Fsp3) is 0.400. The largest absolute Gasteiger partial charge is 0.481 e. The molecule has 1 aromatic heterocycles. The number of nitrogens with zero attached hydrogens (tertiary/aromatic N) is 1. The van der Waals surface area contributed by atoms with Crippen LogP contribution in [0.2, 0.25) is 0 Å². The first kappa shape index (κ1) is 9.71. The molecule has 70 valence electrons. The zero-order valence-electron chi connectivity index (χ0n) is 7.87. The van der Waals surface area contributed by atoms with Crippen molar-refractivity contribution in [2.24, 2.45) is 0 Å². The summed E-state index contributed by atoms with van der Waals surface area (Å²) in [4.78, 5) is 14.6. The Kier molecular flexibility index (Phi) is 3.01. The molecule has 1 N–H and O–H groups in total. The standard InChI is InChI=1S/C10H13NO2/c1-7-3-4-9(11-8(7)2)5-6-10(12)13/h3-4H,5-6H2,1-2H3,(H,12,13). The second kappa shape index (κ2) is 4.03. The number of rotatable bonds is 3. The van der Waals surface area contributed by atoms with Crippen molar-refractivity contribution in [1.29, 1.82) is 0 Å². The van der Waals surface area contributed by atoms with Crippen LogP contribution in [-0.4, -0.2) is 16.1 Å². The Bertz CT molecular complexity index is 321. The Hall–Kier alpha value is -1.38. The summed E-state index contributed by atoms with van der Waals surface area (Å²) < 4.78 is 0. The van der Waals surface area contributed by atoms with Gasteiger partial charge in [0.2, 0.25) is 0 Å². The summed E-state index contributed by atoms with van der Waals surface area (Å²) in [6.45, 7) is 3.92. The van der Waals surface area contributed by atoms with Gasteiger partial charge in [0.25, 0.3) is 0 Å². The van der Waals surface area contributed by atoms with Gasteiger partial charge < -0.3 is 5.11 Å². The van der Waals surface area contributed by atoms with Crippen molar-refractivity contribution in [1.82, 2.24) is 4.98 Å². The van der Waals surface area contributed by atoms with E-state index in [2.05, 4.69) is 4.98 Å². The van der Waals surface area contributed by atoms with Gasteiger partial charge in [0.05, 0.1) is 6.42 Å². The second-order valence-electron chi connectivity index (χ2n) is 3.10. The summed E-state index contributed by atoms with van der Waals surface area (Å²) in [7, 11) is 0. The summed E-state index contributed by atoms with van der Waals surface area (Å²) in [6.07, 6.45) is 0.659. The van der Waals surface area contributed by atoms with Gasteiger partial charge in [-0.1, -0.05) is 6.07 Å². The molecule has 0 radical (unpaired) electrons. The molecule has 0 saturated carbocycles. The summed E-state index contributed by atoms with van der Waals surface area (Å²) in [6, 6.07) is 3.85. The number of pyridine rings is 1. The summed E-state index contributed by atoms with van der Waals surface area (Å²) in [5.41, 5.74) is 2.97. The number of hydrogen-bond donors (Lipinski definition) is 1. The van der Waals surface area contributed by atoms with Gasteiger partial charge in [-0.15, -0.1) is 0 Å². The van der Waals surface area contributed by atoms with Crippen LogP contribution in [0, 0.1) is 13.8 Å². The van der Waals surface area contributed by atoms with Crippen LogP contribution in [0.15, 0.2) is 12.1 Å². The number of carboxylic acids is 1. The molecule has 0 spiro atoms. The second-order valence-corrected chi connectivity index (χ2v) is 3.10. The summed E-state index contributed by atoms with van der Waals surface area (Å²) in [5.74, 6) is -0.778. The Balaban J connectivity index is 2.68. The van der Waals surface area contributed by atoms with E-state index in [0.29, 0.717) is 6.42 Å². The monoisotopic (exact) mass is 179 g/mol. The zero-order chi connectivity index (χ0) is 9.84. The van der Waals surface area contributed by atoms with E-state index in [9.17, 15) is 4.79 Å². The van der Waals surface area contributed by atoms with Crippen molar-refractivity contribution >= 4 is 5.97 Å². The van der Waals surface area contributed by atoms with Crippen molar-refractivity contribution in [3.63, 3.8) is 0 Å². The molecule has 13 heavy (non-hydrogen) atoms. The van der Waals surface area contributed by atoms with E-state index in [1.54, 1.807) is 0 Å². The lowest BCUT2D eigenvalue weighted by atomic mass is 10.1. The minimum absolute atomic E-state index is 0.148. The lowest BCUT2D eigenvalue weighted by molar-refractivity contribution is -0.136. The van der Waals surface area contributed by atoms with Gasteiger partial charge in [-0.3, -0.25) is 9.78 Å². The third-order valence-corrected chi connectivity index (χ3v) is 2.00. The van der Waals surface area contributed by atoms with Crippen molar-refractivity contribution in [3.8, 4) is 0 Å².